The van der Waals surface area contributed by atoms with E-state index in [2.05, 4.69) is 0 Å². The average molecular weight is 366 g/mol. The van der Waals surface area contributed by atoms with Crippen LogP contribution in [0.2, 0.25) is 0 Å². The summed E-state index contributed by atoms with van der Waals surface area (Å²) in [6.45, 7) is 0.717. The quantitative estimate of drug-likeness (QED) is 0.897. The van der Waals surface area contributed by atoms with E-state index in [0.29, 0.717) is 13.0 Å². The van der Waals surface area contributed by atoms with Crippen LogP contribution in [0.5, 0.6) is 0 Å². The van der Waals surface area contributed by atoms with Gasteiger partial charge in [0.05, 0.1) is 0 Å². The van der Waals surface area contributed by atoms with Crippen LogP contribution in [0.3, 0.4) is 0 Å². The van der Waals surface area contributed by atoms with Crippen LogP contribution in [-0.2, 0) is 27.4 Å². The Labute approximate surface area is 158 Å². The second-order valence-electron chi connectivity index (χ2n) is 6.97. The van der Waals surface area contributed by atoms with Gasteiger partial charge in [-0.2, -0.15) is 0 Å². The number of hydrogen-bond acceptors (Lipinski definition) is 4. The molecule has 140 valence electrons. The number of carbonyl (C=O) groups excluding carboxylic acids is 2. The predicted octanol–water partition coefficient (Wildman–Crippen LogP) is 1.88. The highest BCUT2D eigenvalue weighted by atomic mass is 16.5. The first kappa shape index (κ1) is 17.7. The molecule has 0 aromatic heterocycles. The molecule has 2 atom stereocenters. The second-order valence-corrected chi connectivity index (χ2v) is 6.97. The van der Waals surface area contributed by atoms with Gasteiger partial charge in [0.25, 0.3) is 11.8 Å². The van der Waals surface area contributed by atoms with Crippen molar-refractivity contribution >= 4 is 11.8 Å². The summed E-state index contributed by atoms with van der Waals surface area (Å²) in [6, 6.07) is 18.8. The minimum atomic E-state index is -1.85. The lowest BCUT2D eigenvalue weighted by Gasteiger charge is -2.50. The van der Waals surface area contributed by atoms with Crippen molar-refractivity contribution in [3.63, 3.8) is 0 Å². The Morgan fingerprint density at radius 1 is 0.963 bits per heavy atom. The van der Waals surface area contributed by atoms with Crippen molar-refractivity contribution in [3.05, 3.63) is 71.8 Å². The van der Waals surface area contributed by atoms with Crippen LogP contribution in [0.25, 0.3) is 0 Å². The summed E-state index contributed by atoms with van der Waals surface area (Å²) in [4.78, 5) is 29.0. The third kappa shape index (κ3) is 3.22. The molecule has 3 heterocycles. The van der Waals surface area contributed by atoms with Crippen LogP contribution >= 0.6 is 0 Å². The van der Waals surface area contributed by atoms with Crippen molar-refractivity contribution in [1.82, 2.24) is 9.80 Å². The van der Waals surface area contributed by atoms with Crippen LogP contribution < -0.4 is 0 Å². The molecule has 27 heavy (non-hydrogen) atoms. The molecule has 0 spiro atoms. The van der Waals surface area contributed by atoms with E-state index in [4.69, 9.17) is 4.74 Å². The zero-order chi connectivity index (χ0) is 18.9. The fourth-order valence-electron chi connectivity index (χ4n) is 3.73. The molecule has 3 aliphatic rings. The molecular weight excluding hydrogens is 344 g/mol. The summed E-state index contributed by atoms with van der Waals surface area (Å²) in [7, 11) is 0. The van der Waals surface area contributed by atoms with E-state index in [1.807, 2.05) is 60.7 Å². The number of piperazine rings is 1. The van der Waals surface area contributed by atoms with E-state index >= 15 is 0 Å². The van der Waals surface area contributed by atoms with Crippen molar-refractivity contribution in [3.8, 4) is 0 Å². The van der Waals surface area contributed by atoms with Crippen LogP contribution in [0, 0.1) is 0 Å². The Morgan fingerprint density at radius 3 is 2.19 bits per heavy atom. The fraction of sp³-hybridized carbons (Fsp3) is 0.333. The summed E-state index contributed by atoms with van der Waals surface area (Å²) in [5.74, 6) is -0.858. The smallest absolute Gasteiger partial charge is 0.278 e. The molecule has 6 nitrogen and oxygen atoms in total. The Bertz CT molecular complexity index is 827. The summed E-state index contributed by atoms with van der Waals surface area (Å²) < 4.78 is 5.75. The van der Waals surface area contributed by atoms with E-state index < -0.39 is 17.9 Å². The molecule has 0 saturated carbocycles. The van der Waals surface area contributed by atoms with Crippen LogP contribution in [0.4, 0.5) is 0 Å². The third-order valence-corrected chi connectivity index (χ3v) is 5.13. The first-order chi connectivity index (χ1) is 13.1. The van der Waals surface area contributed by atoms with Gasteiger partial charge in [0.1, 0.15) is 0 Å². The number of fused-ring (bicyclic) bond motifs is 5. The number of benzene rings is 2. The Kier molecular flexibility index (Phi) is 4.68. The van der Waals surface area contributed by atoms with Gasteiger partial charge >= 0.3 is 0 Å². The molecule has 3 fully saturated rings. The molecule has 3 saturated heterocycles. The van der Waals surface area contributed by atoms with Crippen molar-refractivity contribution < 1.29 is 19.4 Å². The Morgan fingerprint density at radius 2 is 1.56 bits per heavy atom. The molecule has 1 N–H and O–H groups in total. The zero-order valence-corrected chi connectivity index (χ0v) is 15.0. The lowest BCUT2D eigenvalue weighted by molar-refractivity contribution is -0.231. The van der Waals surface area contributed by atoms with Gasteiger partial charge in [0.2, 0.25) is 12.0 Å². The third-order valence-electron chi connectivity index (χ3n) is 5.13. The number of aliphatic hydroxyl groups is 1. The number of ether oxygens (including phenoxy) is 1. The van der Waals surface area contributed by atoms with Crippen molar-refractivity contribution in [2.24, 2.45) is 0 Å². The van der Waals surface area contributed by atoms with Crippen molar-refractivity contribution in [2.75, 3.05) is 6.61 Å². The molecule has 5 rings (SSSR count). The Hall–Kier alpha value is -2.70. The standard InChI is InChI=1S/C21H22N2O4/c24-18-19-22(14-16-8-3-1-4-9-16)20(25)21(26,12-7-13-27-19)23(18)15-17-10-5-2-6-11-17/h1-6,8-11,19,26H,7,12-15H2/t19?,21-/m1/s1. The minimum absolute atomic E-state index is 0.155. The molecule has 2 aromatic carbocycles. The second kappa shape index (κ2) is 7.13. The molecule has 2 aromatic rings. The minimum Gasteiger partial charge on any atom is -0.363 e. The molecule has 3 aliphatic heterocycles. The lowest BCUT2D eigenvalue weighted by atomic mass is 9.96. The van der Waals surface area contributed by atoms with Gasteiger partial charge in [-0.3, -0.25) is 14.5 Å². The molecule has 2 bridgehead atoms. The highest BCUT2D eigenvalue weighted by molar-refractivity contribution is 5.98. The summed E-state index contributed by atoms with van der Waals surface area (Å²) in [6.07, 6.45) is -0.346. The zero-order valence-electron chi connectivity index (χ0n) is 15.0. The molecular formula is C21H22N2O4. The number of amides is 2. The van der Waals surface area contributed by atoms with Gasteiger partial charge in [0, 0.05) is 26.1 Å². The Balaban J connectivity index is 1.68. The van der Waals surface area contributed by atoms with Crippen molar-refractivity contribution in [1.29, 1.82) is 0 Å². The van der Waals surface area contributed by atoms with E-state index in [-0.39, 0.29) is 25.4 Å². The first-order valence-electron chi connectivity index (χ1n) is 9.14. The van der Waals surface area contributed by atoms with Gasteiger partial charge in [-0.15, -0.1) is 0 Å². The summed E-state index contributed by atoms with van der Waals surface area (Å²) in [5, 5.41) is 11.3. The number of nitrogens with zero attached hydrogens (tertiary/aromatic N) is 2. The number of hydrogen-bond donors (Lipinski definition) is 1. The topological polar surface area (TPSA) is 70.1 Å². The van der Waals surface area contributed by atoms with Gasteiger partial charge in [-0.25, -0.2) is 0 Å². The van der Waals surface area contributed by atoms with Crippen molar-refractivity contribution in [2.45, 2.75) is 37.9 Å². The number of rotatable bonds is 4. The molecule has 6 heteroatoms. The molecule has 2 amide bonds. The fourth-order valence-corrected chi connectivity index (χ4v) is 3.73. The molecule has 0 aliphatic carbocycles. The monoisotopic (exact) mass is 366 g/mol. The van der Waals surface area contributed by atoms with Gasteiger partial charge < -0.3 is 14.7 Å². The first-order valence-corrected chi connectivity index (χ1v) is 9.14. The highest BCUT2D eigenvalue weighted by Crippen LogP contribution is 2.34. The maximum absolute atomic E-state index is 13.2. The van der Waals surface area contributed by atoms with Crippen LogP contribution in [0.15, 0.2) is 60.7 Å². The normalized spacial score (nSPS) is 25.4. The highest BCUT2D eigenvalue weighted by Gasteiger charge is 2.56. The predicted molar refractivity (Wildman–Crippen MR) is 97.9 cm³/mol. The van der Waals surface area contributed by atoms with E-state index in [9.17, 15) is 14.7 Å². The summed E-state index contributed by atoms with van der Waals surface area (Å²) >= 11 is 0. The van der Waals surface area contributed by atoms with E-state index in [0.717, 1.165) is 11.1 Å². The van der Waals surface area contributed by atoms with Crippen LogP contribution in [-0.4, -0.2) is 45.3 Å². The molecule has 1 unspecified atom stereocenters. The average Bonchev–Trinajstić information content (AvgIpc) is 2.69. The van der Waals surface area contributed by atoms with E-state index in [1.165, 1.54) is 9.80 Å². The largest absolute Gasteiger partial charge is 0.363 e. The number of carbonyl (C=O) groups is 2. The lowest BCUT2D eigenvalue weighted by Crippen LogP contribution is -2.72. The van der Waals surface area contributed by atoms with Gasteiger partial charge in [-0.1, -0.05) is 60.7 Å². The van der Waals surface area contributed by atoms with E-state index in [1.54, 1.807) is 0 Å². The maximum Gasteiger partial charge on any atom is 0.278 e. The SMILES string of the molecule is O=C1C2OCCC[C@@](O)(C(=O)N2Cc2ccccc2)N1Cc1ccccc1. The van der Waals surface area contributed by atoms with Crippen LogP contribution in [0.1, 0.15) is 24.0 Å². The van der Waals surface area contributed by atoms with Gasteiger partial charge in [0.15, 0.2) is 0 Å². The summed E-state index contributed by atoms with van der Waals surface area (Å²) in [5.41, 5.74) is -0.110. The van der Waals surface area contributed by atoms with Gasteiger partial charge in [-0.05, 0) is 17.5 Å². The molecule has 0 radical (unpaired) electrons. The maximum atomic E-state index is 13.2.